The summed E-state index contributed by atoms with van der Waals surface area (Å²) in [6.07, 6.45) is 9.43. The van der Waals surface area contributed by atoms with E-state index in [0.29, 0.717) is 5.92 Å². The van der Waals surface area contributed by atoms with Crippen LogP contribution in [0.1, 0.15) is 48.7 Å². The Morgan fingerprint density at radius 3 is 2.76 bits per heavy atom. The zero-order valence-corrected chi connectivity index (χ0v) is 13.7. The van der Waals surface area contributed by atoms with Gasteiger partial charge in [0.2, 0.25) is 0 Å². The highest BCUT2D eigenvalue weighted by Gasteiger charge is 2.23. The van der Waals surface area contributed by atoms with Gasteiger partial charge in [0.05, 0.1) is 10.2 Å². The van der Waals surface area contributed by atoms with Crippen molar-refractivity contribution >= 4 is 21.7 Å². The van der Waals surface area contributed by atoms with Gasteiger partial charge in [-0.1, -0.05) is 18.9 Å². The molecule has 21 heavy (non-hydrogen) atoms. The van der Waals surface area contributed by atoms with E-state index < -0.39 is 0 Å². The zero-order chi connectivity index (χ0) is 14.7. The second kappa shape index (κ2) is 6.52. The van der Waals surface area contributed by atoms with Gasteiger partial charge in [-0.05, 0) is 40.4 Å². The molecule has 0 radical (unpaired) electrons. The Hall–Kier alpha value is -1.49. The molecule has 4 nitrogen and oxygen atoms in total. The Balaban J connectivity index is 1.95. The van der Waals surface area contributed by atoms with E-state index in [2.05, 4.69) is 37.3 Å². The van der Waals surface area contributed by atoms with Gasteiger partial charge in [-0.3, -0.25) is 4.98 Å². The molecule has 0 unspecified atom stereocenters. The molecule has 2 heterocycles. The summed E-state index contributed by atoms with van der Waals surface area (Å²) in [6.45, 7) is 0. The largest absolute Gasteiger partial charge is 0.372 e. The topological polar surface area (TPSA) is 50.7 Å². The van der Waals surface area contributed by atoms with E-state index in [0.717, 1.165) is 33.8 Å². The van der Waals surface area contributed by atoms with E-state index >= 15 is 0 Å². The number of nitrogens with one attached hydrogen (secondary N) is 1. The first-order valence-electron chi connectivity index (χ1n) is 7.41. The fraction of sp³-hybridized carbons (Fsp3) is 0.438. The second-order valence-electron chi connectivity index (χ2n) is 5.46. The van der Waals surface area contributed by atoms with Crippen LogP contribution >= 0.6 is 15.9 Å². The Morgan fingerprint density at radius 1 is 1.29 bits per heavy atom. The van der Waals surface area contributed by atoms with Gasteiger partial charge in [-0.25, -0.2) is 9.97 Å². The molecule has 1 aliphatic carbocycles. The molecule has 0 aliphatic heterocycles. The molecule has 0 saturated heterocycles. The van der Waals surface area contributed by atoms with Crippen molar-refractivity contribution in [2.75, 3.05) is 12.4 Å². The number of hydrogen-bond donors (Lipinski definition) is 1. The molecule has 0 aromatic carbocycles. The first kappa shape index (κ1) is 14.4. The van der Waals surface area contributed by atoms with Crippen LogP contribution in [0.25, 0.3) is 0 Å². The van der Waals surface area contributed by atoms with Crippen LogP contribution in [0.5, 0.6) is 0 Å². The molecule has 2 aromatic heterocycles. The summed E-state index contributed by atoms with van der Waals surface area (Å²) in [5, 5.41) is 3.17. The minimum atomic E-state index is 0.558. The standard InChI is InChI=1S/C16H19BrN4/c1-18-16-14(17)15(12-6-2-3-7-12)20-13(21-16)9-11-5-4-8-19-10-11/h4-5,8,10,12H,2-3,6-7,9H2,1H3,(H,18,20,21). The third-order valence-corrected chi connectivity index (χ3v) is 4.77. The van der Waals surface area contributed by atoms with Crippen molar-refractivity contribution in [1.29, 1.82) is 0 Å². The van der Waals surface area contributed by atoms with E-state index in [-0.39, 0.29) is 0 Å². The molecule has 110 valence electrons. The Labute approximate surface area is 133 Å². The van der Waals surface area contributed by atoms with Crippen molar-refractivity contribution in [3.8, 4) is 0 Å². The number of hydrogen-bond acceptors (Lipinski definition) is 4. The van der Waals surface area contributed by atoms with E-state index in [1.165, 1.54) is 25.7 Å². The molecule has 1 N–H and O–H groups in total. The highest BCUT2D eigenvalue weighted by molar-refractivity contribution is 9.10. The van der Waals surface area contributed by atoms with Crippen LogP contribution in [-0.2, 0) is 6.42 Å². The van der Waals surface area contributed by atoms with Gasteiger partial charge in [-0.2, -0.15) is 0 Å². The summed E-state index contributed by atoms with van der Waals surface area (Å²) in [4.78, 5) is 13.6. The number of rotatable bonds is 4. The second-order valence-corrected chi connectivity index (χ2v) is 6.25. The van der Waals surface area contributed by atoms with Crippen molar-refractivity contribution in [3.63, 3.8) is 0 Å². The Kier molecular flexibility index (Phi) is 4.48. The Bertz CT molecular complexity index is 609. The number of halogens is 1. The summed E-state index contributed by atoms with van der Waals surface area (Å²) in [7, 11) is 1.90. The minimum absolute atomic E-state index is 0.558. The van der Waals surface area contributed by atoms with E-state index in [1.54, 1.807) is 6.20 Å². The average molecular weight is 347 g/mol. The molecule has 1 saturated carbocycles. The summed E-state index contributed by atoms with van der Waals surface area (Å²) < 4.78 is 1.02. The molecule has 0 amide bonds. The summed E-state index contributed by atoms with van der Waals surface area (Å²) >= 11 is 3.67. The number of anilines is 1. The summed E-state index contributed by atoms with van der Waals surface area (Å²) in [5.74, 6) is 2.30. The minimum Gasteiger partial charge on any atom is -0.372 e. The molecule has 2 aromatic rings. The maximum atomic E-state index is 4.83. The van der Waals surface area contributed by atoms with E-state index in [9.17, 15) is 0 Å². The number of aromatic nitrogens is 3. The predicted molar refractivity (Wildman–Crippen MR) is 87.5 cm³/mol. The lowest BCUT2D eigenvalue weighted by atomic mass is 10.0. The van der Waals surface area contributed by atoms with Gasteiger partial charge < -0.3 is 5.32 Å². The molecule has 5 heteroatoms. The van der Waals surface area contributed by atoms with Crippen LogP contribution in [0.2, 0.25) is 0 Å². The highest BCUT2D eigenvalue weighted by atomic mass is 79.9. The van der Waals surface area contributed by atoms with Crippen LogP contribution < -0.4 is 5.32 Å². The van der Waals surface area contributed by atoms with Crippen molar-refractivity contribution in [2.24, 2.45) is 0 Å². The van der Waals surface area contributed by atoms with Crippen molar-refractivity contribution in [3.05, 3.63) is 46.1 Å². The molecule has 1 fully saturated rings. The fourth-order valence-corrected chi connectivity index (χ4v) is 3.61. The third-order valence-electron chi connectivity index (χ3n) is 3.99. The van der Waals surface area contributed by atoms with Gasteiger partial charge >= 0.3 is 0 Å². The SMILES string of the molecule is CNc1nc(Cc2cccnc2)nc(C2CCCC2)c1Br. The van der Waals surface area contributed by atoms with Gasteiger partial charge in [0.15, 0.2) is 0 Å². The van der Waals surface area contributed by atoms with Crippen LogP contribution in [0, 0.1) is 0 Å². The normalized spacial score (nSPS) is 15.3. The quantitative estimate of drug-likeness (QED) is 0.911. The van der Waals surface area contributed by atoms with Crippen LogP contribution in [0.3, 0.4) is 0 Å². The van der Waals surface area contributed by atoms with Crippen LogP contribution in [0.15, 0.2) is 29.0 Å². The smallest absolute Gasteiger partial charge is 0.144 e. The number of pyridine rings is 1. The summed E-state index contributed by atoms with van der Waals surface area (Å²) in [5.41, 5.74) is 2.30. The van der Waals surface area contributed by atoms with Gasteiger partial charge in [0, 0.05) is 31.8 Å². The van der Waals surface area contributed by atoms with Crippen molar-refractivity contribution in [2.45, 2.75) is 38.0 Å². The molecular weight excluding hydrogens is 328 g/mol. The molecule has 3 rings (SSSR count). The lowest BCUT2D eigenvalue weighted by molar-refractivity contribution is 0.682. The maximum absolute atomic E-state index is 4.83. The van der Waals surface area contributed by atoms with E-state index in [4.69, 9.17) is 4.98 Å². The van der Waals surface area contributed by atoms with Crippen molar-refractivity contribution in [1.82, 2.24) is 15.0 Å². The molecular formula is C16H19BrN4. The van der Waals surface area contributed by atoms with Gasteiger partial charge in [0.1, 0.15) is 11.6 Å². The first-order chi connectivity index (χ1) is 10.3. The highest BCUT2D eigenvalue weighted by Crippen LogP contribution is 2.38. The lowest BCUT2D eigenvalue weighted by Gasteiger charge is -2.15. The molecule has 1 aliphatic rings. The monoisotopic (exact) mass is 346 g/mol. The summed E-state index contributed by atoms with van der Waals surface area (Å²) in [6, 6.07) is 4.01. The Morgan fingerprint density at radius 2 is 2.10 bits per heavy atom. The molecule has 0 atom stereocenters. The lowest BCUT2D eigenvalue weighted by Crippen LogP contribution is -2.08. The fourth-order valence-electron chi connectivity index (χ4n) is 2.91. The first-order valence-corrected chi connectivity index (χ1v) is 8.20. The number of nitrogens with zero attached hydrogens (tertiary/aromatic N) is 3. The van der Waals surface area contributed by atoms with Gasteiger partial charge in [-0.15, -0.1) is 0 Å². The van der Waals surface area contributed by atoms with E-state index in [1.807, 2.05) is 19.3 Å². The van der Waals surface area contributed by atoms with Gasteiger partial charge in [0.25, 0.3) is 0 Å². The maximum Gasteiger partial charge on any atom is 0.144 e. The van der Waals surface area contributed by atoms with Crippen molar-refractivity contribution < 1.29 is 0 Å². The van der Waals surface area contributed by atoms with Crippen LogP contribution in [-0.4, -0.2) is 22.0 Å². The third kappa shape index (κ3) is 3.23. The predicted octanol–water partition coefficient (Wildman–Crippen LogP) is 3.92. The molecule has 0 bridgehead atoms. The average Bonchev–Trinajstić information content (AvgIpc) is 3.04. The molecule has 0 spiro atoms. The van der Waals surface area contributed by atoms with Crippen LogP contribution in [0.4, 0.5) is 5.82 Å². The zero-order valence-electron chi connectivity index (χ0n) is 12.1.